The van der Waals surface area contributed by atoms with Gasteiger partial charge in [0, 0.05) is 5.25 Å². The molecule has 3 nitrogen and oxygen atoms in total. The Morgan fingerprint density at radius 3 is 2.60 bits per heavy atom. The first-order valence-electron chi connectivity index (χ1n) is 5.65. The van der Waals surface area contributed by atoms with Crippen molar-refractivity contribution in [2.24, 2.45) is 5.73 Å². The molecule has 0 bridgehead atoms. The highest BCUT2D eigenvalue weighted by Gasteiger charge is 2.14. The third kappa shape index (κ3) is 7.68. The second kappa shape index (κ2) is 9.04. The Hall–Kier alpha value is -0.220. The fraction of sp³-hybridized carbons (Fsp3) is 0.909. The van der Waals surface area contributed by atoms with E-state index < -0.39 is 6.04 Å². The second-order valence-electron chi connectivity index (χ2n) is 3.62. The zero-order valence-corrected chi connectivity index (χ0v) is 10.8. The lowest BCUT2D eigenvalue weighted by Gasteiger charge is -2.12. The summed E-state index contributed by atoms with van der Waals surface area (Å²) in [6.07, 6.45) is 3.13. The summed E-state index contributed by atoms with van der Waals surface area (Å²) < 4.78 is 4.84. The molecule has 2 atom stereocenters. The average molecular weight is 233 g/mol. The molecule has 0 aliphatic carbocycles. The Bertz CT molecular complexity index is 176. The first-order valence-corrected chi connectivity index (χ1v) is 6.70. The minimum absolute atomic E-state index is 0.277. The van der Waals surface area contributed by atoms with Crippen LogP contribution >= 0.6 is 11.8 Å². The van der Waals surface area contributed by atoms with Gasteiger partial charge >= 0.3 is 5.97 Å². The predicted octanol–water partition coefficient (Wildman–Crippen LogP) is 2.19. The van der Waals surface area contributed by atoms with E-state index in [9.17, 15) is 4.79 Å². The first-order chi connectivity index (χ1) is 7.11. The molecule has 0 saturated carbocycles. The normalized spacial score (nSPS) is 14.7. The minimum Gasteiger partial charge on any atom is -0.465 e. The molecule has 0 saturated heterocycles. The summed E-state index contributed by atoms with van der Waals surface area (Å²) in [6.45, 7) is 6.60. The SMILES string of the molecule is CCCC(C)SCCC(N)C(=O)OCC. The summed E-state index contributed by atoms with van der Waals surface area (Å²) in [5, 5.41) is 0.657. The summed E-state index contributed by atoms with van der Waals surface area (Å²) in [7, 11) is 0. The van der Waals surface area contributed by atoms with Gasteiger partial charge in [-0.25, -0.2) is 0 Å². The average Bonchev–Trinajstić information content (AvgIpc) is 2.18. The molecule has 0 aromatic heterocycles. The van der Waals surface area contributed by atoms with Crippen molar-refractivity contribution in [2.45, 2.75) is 51.3 Å². The molecule has 0 aromatic rings. The molecular weight excluding hydrogens is 210 g/mol. The summed E-state index contributed by atoms with van der Waals surface area (Å²) in [4.78, 5) is 11.2. The number of hydrogen-bond acceptors (Lipinski definition) is 4. The van der Waals surface area contributed by atoms with Crippen molar-refractivity contribution in [1.82, 2.24) is 0 Å². The molecule has 90 valence electrons. The topological polar surface area (TPSA) is 52.3 Å². The van der Waals surface area contributed by atoms with Gasteiger partial charge < -0.3 is 10.5 Å². The molecule has 0 spiro atoms. The van der Waals surface area contributed by atoms with Gasteiger partial charge in [0.05, 0.1) is 6.61 Å². The van der Waals surface area contributed by atoms with Crippen molar-refractivity contribution in [1.29, 1.82) is 0 Å². The van der Waals surface area contributed by atoms with E-state index in [1.54, 1.807) is 6.92 Å². The van der Waals surface area contributed by atoms with Crippen LogP contribution in [-0.2, 0) is 9.53 Å². The summed E-state index contributed by atoms with van der Waals surface area (Å²) >= 11 is 1.88. The van der Waals surface area contributed by atoms with E-state index >= 15 is 0 Å². The maximum atomic E-state index is 11.2. The van der Waals surface area contributed by atoms with Crippen LogP contribution in [0.1, 0.15) is 40.0 Å². The fourth-order valence-corrected chi connectivity index (χ4v) is 2.45. The van der Waals surface area contributed by atoms with Crippen LogP contribution in [0.5, 0.6) is 0 Å². The fourth-order valence-electron chi connectivity index (χ4n) is 1.25. The van der Waals surface area contributed by atoms with Crippen LogP contribution in [0, 0.1) is 0 Å². The molecule has 2 unspecified atom stereocenters. The minimum atomic E-state index is -0.453. The highest BCUT2D eigenvalue weighted by atomic mass is 32.2. The van der Waals surface area contributed by atoms with Gasteiger partial charge in [-0.1, -0.05) is 20.3 Å². The third-order valence-electron chi connectivity index (χ3n) is 2.12. The lowest BCUT2D eigenvalue weighted by molar-refractivity contribution is -0.144. The Morgan fingerprint density at radius 1 is 1.40 bits per heavy atom. The molecule has 2 N–H and O–H groups in total. The molecule has 0 aliphatic heterocycles. The molecule has 4 heteroatoms. The van der Waals surface area contributed by atoms with E-state index in [0.717, 1.165) is 5.75 Å². The van der Waals surface area contributed by atoms with Crippen LogP contribution in [0.2, 0.25) is 0 Å². The predicted molar refractivity (Wildman–Crippen MR) is 66.1 cm³/mol. The number of esters is 1. The van der Waals surface area contributed by atoms with Crippen molar-refractivity contribution in [3.8, 4) is 0 Å². The highest BCUT2D eigenvalue weighted by Crippen LogP contribution is 2.16. The molecule has 0 heterocycles. The van der Waals surface area contributed by atoms with Crippen molar-refractivity contribution in [3.05, 3.63) is 0 Å². The van der Waals surface area contributed by atoms with Crippen molar-refractivity contribution in [2.75, 3.05) is 12.4 Å². The van der Waals surface area contributed by atoms with Crippen molar-refractivity contribution < 1.29 is 9.53 Å². The molecular formula is C11H23NO2S. The van der Waals surface area contributed by atoms with Crippen LogP contribution in [0.3, 0.4) is 0 Å². The number of carbonyl (C=O) groups excluding carboxylic acids is 1. The Kier molecular flexibility index (Phi) is 8.91. The van der Waals surface area contributed by atoms with E-state index in [1.807, 2.05) is 11.8 Å². The van der Waals surface area contributed by atoms with Gasteiger partial charge in [-0.15, -0.1) is 0 Å². The quantitative estimate of drug-likeness (QED) is 0.653. The Morgan fingerprint density at radius 2 is 2.07 bits per heavy atom. The maximum Gasteiger partial charge on any atom is 0.322 e. The number of rotatable bonds is 8. The first kappa shape index (κ1) is 14.8. The Labute approximate surface area is 97.1 Å². The number of nitrogens with two attached hydrogens (primary N) is 1. The van der Waals surface area contributed by atoms with Gasteiger partial charge in [-0.05, 0) is 25.5 Å². The van der Waals surface area contributed by atoms with Gasteiger partial charge in [0.15, 0.2) is 0 Å². The van der Waals surface area contributed by atoms with E-state index in [-0.39, 0.29) is 5.97 Å². The maximum absolute atomic E-state index is 11.2. The van der Waals surface area contributed by atoms with Gasteiger partial charge in [0.2, 0.25) is 0 Å². The molecule has 0 radical (unpaired) electrons. The van der Waals surface area contributed by atoms with E-state index in [2.05, 4.69) is 13.8 Å². The molecule has 0 fully saturated rings. The van der Waals surface area contributed by atoms with Crippen LogP contribution in [-0.4, -0.2) is 29.6 Å². The van der Waals surface area contributed by atoms with Crippen LogP contribution < -0.4 is 5.73 Å². The smallest absolute Gasteiger partial charge is 0.322 e. The third-order valence-corrected chi connectivity index (χ3v) is 3.39. The molecule has 0 aliphatic rings. The van der Waals surface area contributed by atoms with Crippen molar-refractivity contribution >= 4 is 17.7 Å². The van der Waals surface area contributed by atoms with E-state index in [4.69, 9.17) is 10.5 Å². The van der Waals surface area contributed by atoms with Crippen LogP contribution in [0.4, 0.5) is 0 Å². The number of thioether (sulfide) groups is 1. The summed E-state index contributed by atoms with van der Waals surface area (Å²) in [6, 6.07) is -0.453. The molecule has 0 aromatic carbocycles. The lowest BCUT2D eigenvalue weighted by Crippen LogP contribution is -2.32. The highest BCUT2D eigenvalue weighted by molar-refractivity contribution is 7.99. The van der Waals surface area contributed by atoms with Crippen LogP contribution in [0.15, 0.2) is 0 Å². The largest absolute Gasteiger partial charge is 0.465 e. The zero-order chi connectivity index (χ0) is 11.7. The van der Waals surface area contributed by atoms with Gasteiger partial charge in [0.25, 0.3) is 0 Å². The zero-order valence-electron chi connectivity index (χ0n) is 9.99. The molecule has 15 heavy (non-hydrogen) atoms. The van der Waals surface area contributed by atoms with Gasteiger partial charge in [0.1, 0.15) is 6.04 Å². The standard InChI is InChI=1S/C11H23NO2S/c1-4-6-9(3)15-8-7-10(12)11(13)14-5-2/h9-10H,4-8,12H2,1-3H3. The number of carbonyl (C=O) groups is 1. The van der Waals surface area contributed by atoms with E-state index in [1.165, 1.54) is 12.8 Å². The monoisotopic (exact) mass is 233 g/mol. The van der Waals surface area contributed by atoms with E-state index in [0.29, 0.717) is 18.3 Å². The van der Waals surface area contributed by atoms with Crippen molar-refractivity contribution in [3.63, 3.8) is 0 Å². The second-order valence-corrected chi connectivity index (χ2v) is 5.16. The molecule has 0 amide bonds. The molecule has 0 rings (SSSR count). The van der Waals surface area contributed by atoms with Gasteiger partial charge in [-0.3, -0.25) is 4.79 Å². The lowest BCUT2D eigenvalue weighted by atomic mass is 10.2. The number of hydrogen-bond donors (Lipinski definition) is 1. The van der Waals surface area contributed by atoms with Crippen LogP contribution in [0.25, 0.3) is 0 Å². The van der Waals surface area contributed by atoms with Gasteiger partial charge in [-0.2, -0.15) is 11.8 Å². The number of ether oxygens (including phenoxy) is 1. The Balaban J connectivity index is 3.53. The summed E-state index contributed by atoms with van der Waals surface area (Å²) in [5.41, 5.74) is 5.68. The summed E-state index contributed by atoms with van der Waals surface area (Å²) in [5.74, 6) is 0.655.